The molecular formula is C32H56Si. The maximum absolute atomic E-state index is 2.94. The lowest BCUT2D eigenvalue weighted by Gasteiger charge is -2.52. The highest BCUT2D eigenvalue weighted by molar-refractivity contribution is 6.80. The molecular weight excluding hydrogens is 412 g/mol. The Hall–Kier alpha value is 0.217. The molecule has 6 saturated carbocycles. The van der Waals surface area contributed by atoms with Crippen molar-refractivity contribution in [2.24, 2.45) is 71.0 Å². The van der Waals surface area contributed by atoms with Gasteiger partial charge in [0, 0.05) is 0 Å². The van der Waals surface area contributed by atoms with Crippen molar-refractivity contribution in [1.29, 1.82) is 0 Å². The van der Waals surface area contributed by atoms with Gasteiger partial charge in [-0.25, -0.2) is 0 Å². The van der Waals surface area contributed by atoms with Crippen molar-refractivity contribution in [2.75, 3.05) is 0 Å². The van der Waals surface area contributed by atoms with Gasteiger partial charge in [0.2, 0.25) is 0 Å². The average Bonchev–Trinajstić information content (AvgIpc) is 3.30. The van der Waals surface area contributed by atoms with Crippen molar-refractivity contribution < 1.29 is 0 Å². The van der Waals surface area contributed by atoms with Gasteiger partial charge in [0.15, 0.2) is 0 Å². The predicted molar refractivity (Wildman–Crippen MR) is 145 cm³/mol. The standard InChI is InChI=1S/C32H56Si/c1-19-7-9-23-11-13-25-29(27(23)15-19)17-21(3)31(25)33(5,6)32-22(4)18-30-26(32)14-12-24-10-8-20(2)16-28(24)30/h19-32H,7-18H2,1-6H3. The Morgan fingerprint density at radius 1 is 0.424 bits per heavy atom. The van der Waals surface area contributed by atoms with E-state index in [-0.39, 0.29) is 0 Å². The fraction of sp³-hybridized carbons (Fsp3) is 1.00. The second-order valence-electron chi connectivity index (χ2n) is 15.8. The van der Waals surface area contributed by atoms with Gasteiger partial charge in [0.25, 0.3) is 0 Å². The average molecular weight is 469 g/mol. The molecule has 188 valence electrons. The second-order valence-corrected chi connectivity index (χ2v) is 20.8. The van der Waals surface area contributed by atoms with Crippen molar-refractivity contribution in [2.45, 2.75) is 129 Å². The van der Waals surface area contributed by atoms with Crippen LogP contribution in [0.5, 0.6) is 0 Å². The number of rotatable bonds is 2. The normalized spacial score (nSPS) is 56.5. The summed E-state index contributed by atoms with van der Waals surface area (Å²) in [5, 5.41) is 0. The lowest BCUT2D eigenvalue weighted by atomic mass is 9.60. The Morgan fingerprint density at radius 2 is 0.818 bits per heavy atom. The Labute approximate surface area is 207 Å². The molecule has 0 radical (unpaired) electrons. The van der Waals surface area contributed by atoms with Crippen LogP contribution < -0.4 is 0 Å². The fourth-order valence-electron chi connectivity index (χ4n) is 13.0. The van der Waals surface area contributed by atoms with Gasteiger partial charge < -0.3 is 0 Å². The zero-order valence-electron chi connectivity index (χ0n) is 23.1. The molecule has 0 aromatic heterocycles. The lowest BCUT2D eigenvalue weighted by molar-refractivity contribution is 0.0489. The Balaban J connectivity index is 1.25. The van der Waals surface area contributed by atoms with E-state index in [1.165, 1.54) is 12.8 Å². The molecule has 33 heavy (non-hydrogen) atoms. The SMILES string of the molecule is CC1CCC2CCC3C(CC(C)C3[Si](C)(C)C3C(C)CC4C5CC(C)CCC5CCC43)C2C1. The molecule has 0 saturated heterocycles. The molecule has 0 aromatic carbocycles. The third-order valence-electron chi connectivity index (χ3n) is 13.7. The summed E-state index contributed by atoms with van der Waals surface area (Å²) in [7, 11) is -1.33. The number of fused-ring (bicyclic) bond motifs is 6. The maximum Gasteiger partial charge on any atom is 0.0546 e. The Bertz CT molecular complexity index is 653. The van der Waals surface area contributed by atoms with Crippen molar-refractivity contribution in [3.63, 3.8) is 0 Å². The zero-order chi connectivity index (χ0) is 23.1. The largest absolute Gasteiger partial charge is 0.0689 e. The molecule has 14 unspecified atom stereocenters. The van der Waals surface area contributed by atoms with E-state index in [0.717, 1.165) is 82.1 Å². The maximum atomic E-state index is 2.94. The molecule has 0 aromatic rings. The van der Waals surface area contributed by atoms with E-state index in [0.29, 0.717) is 0 Å². The third kappa shape index (κ3) is 3.78. The van der Waals surface area contributed by atoms with E-state index in [4.69, 9.17) is 0 Å². The van der Waals surface area contributed by atoms with Crippen LogP contribution in [0.15, 0.2) is 0 Å². The summed E-state index contributed by atoms with van der Waals surface area (Å²) in [5.41, 5.74) is 2.27. The van der Waals surface area contributed by atoms with Gasteiger partial charge >= 0.3 is 0 Å². The van der Waals surface area contributed by atoms with Gasteiger partial charge in [-0.1, -0.05) is 53.6 Å². The quantitative estimate of drug-likeness (QED) is 0.354. The molecule has 0 heterocycles. The second kappa shape index (κ2) is 8.66. The van der Waals surface area contributed by atoms with Crippen LogP contribution in [0.2, 0.25) is 24.2 Å². The summed E-state index contributed by atoms with van der Waals surface area (Å²) in [6, 6.07) is 0. The molecule has 6 fully saturated rings. The molecule has 6 rings (SSSR count). The van der Waals surface area contributed by atoms with Crippen LogP contribution >= 0.6 is 0 Å². The van der Waals surface area contributed by atoms with Crippen LogP contribution in [0.4, 0.5) is 0 Å². The zero-order valence-corrected chi connectivity index (χ0v) is 24.1. The van der Waals surface area contributed by atoms with Crippen LogP contribution in [0, 0.1) is 71.0 Å². The monoisotopic (exact) mass is 468 g/mol. The van der Waals surface area contributed by atoms with Crippen LogP contribution in [0.25, 0.3) is 0 Å². The van der Waals surface area contributed by atoms with Crippen molar-refractivity contribution in [1.82, 2.24) is 0 Å². The summed E-state index contributed by atoms with van der Waals surface area (Å²) in [6.45, 7) is 16.5. The molecule has 1 heteroatoms. The highest BCUT2D eigenvalue weighted by atomic mass is 28.3. The molecule has 6 aliphatic carbocycles. The first-order valence-corrected chi connectivity index (χ1v) is 18.9. The molecule has 14 atom stereocenters. The van der Waals surface area contributed by atoms with E-state index >= 15 is 0 Å². The van der Waals surface area contributed by atoms with Crippen molar-refractivity contribution in [3.8, 4) is 0 Å². The number of hydrogen-bond acceptors (Lipinski definition) is 0. The van der Waals surface area contributed by atoms with Gasteiger partial charge in [-0.3, -0.25) is 0 Å². The van der Waals surface area contributed by atoms with Gasteiger partial charge in [-0.05, 0) is 146 Å². The highest BCUT2D eigenvalue weighted by Crippen LogP contribution is 2.68. The van der Waals surface area contributed by atoms with Gasteiger partial charge in [0.1, 0.15) is 0 Å². The van der Waals surface area contributed by atoms with Crippen LogP contribution in [0.1, 0.15) is 105 Å². The summed E-state index contributed by atoms with van der Waals surface area (Å²) in [5.74, 6) is 13.0. The van der Waals surface area contributed by atoms with E-state index < -0.39 is 8.07 Å². The topological polar surface area (TPSA) is 0 Å². The lowest BCUT2D eigenvalue weighted by Crippen LogP contribution is -2.48. The Kier molecular flexibility index (Phi) is 6.19. The first kappa shape index (κ1) is 23.6. The summed E-state index contributed by atoms with van der Waals surface area (Å²) in [4.78, 5) is 0. The fourth-order valence-corrected chi connectivity index (χ4v) is 19.7. The van der Waals surface area contributed by atoms with E-state index in [9.17, 15) is 0 Å². The summed E-state index contributed by atoms with van der Waals surface area (Å²) < 4.78 is 0. The van der Waals surface area contributed by atoms with Gasteiger partial charge in [-0.15, -0.1) is 0 Å². The predicted octanol–water partition coefficient (Wildman–Crippen LogP) is 9.67. The molecule has 0 nitrogen and oxygen atoms in total. The highest BCUT2D eigenvalue weighted by Gasteiger charge is 2.61. The summed E-state index contributed by atoms with van der Waals surface area (Å²) in [6.07, 6.45) is 19.0. The van der Waals surface area contributed by atoms with Crippen LogP contribution in [0.3, 0.4) is 0 Å². The van der Waals surface area contributed by atoms with Gasteiger partial charge in [-0.2, -0.15) is 0 Å². The molecule has 0 spiro atoms. The molecule has 6 aliphatic rings. The Morgan fingerprint density at radius 3 is 1.24 bits per heavy atom. The molecule has 0 N–H and O–H groups in total. The first-order valence-electron chi connectivity index (χ1n) is 15.8. The minimum absolute atomic E-state index is 1.01. The van der Waals surface area contributed by atoms with E-state index in [1.54, 1.807) is 64.2 Å². The summed E-state index contributed by atoms with van der Waals surface area (Å²) >= 11 is 0. The molecule has 0 bridgehead atoms. The smallest absolute Gasteiger partial charge is 0.0546 e. The van der Waals surface area contributed by atoms with Crippen LogP contribution in [-0.4, -0.2) is 8.07 Å². The van der Waals surface area contributed by atoms with Crippen molar-refractivity contribution >= 4 is 8.07 Å². The molecule has 0 amide bonds. The van der Waals surface area contributed by atoms with E-state index in [1.807, 2.05) is 0 Å². The van der Waals surface area contributed by atoms with Crippen LogP contribution in [-0.2, 0) is 0 Å². The van der Waals surface area contributed by atoms with E-state index in [2.05, 4.69) is 40.8 Å². The molecule has 0 aliphatic heterocycles. The number of hydrogen-bond donors (Lipinski definition) is 0. The minimum atomic E-state index is -1.33. The third-order valence-corrected chi connectivity index (χ3v) is 19.1. The van der Waals surface area contributed by atoms with Crippen molar-refractivity contribution in [3.05, 3.63) is 0 Å². The minimum Gasteiger partial charge on any atom is -0.0689 e. The first-order chi connectivity index (χ1) is 15.8. The van der Waals surface area contributed by atoms with Gasteiger partial charge in [0.05, 0.1) is 8.07 Å².